The second kappa shape index (κ2) is 5.86. The second-order valence-corrected chi connectivity index (χ2v) is 6.96. The van der Waals surface area contributed by atoms with Gasteiger partial charge >= 0.3 is 0 Å². The minimum atomic E-state index is 0.102. The molecule has 0 bridgehead atoms. The van der Waals surface area contributed by atoms with E-state index in [0.29, 0.717) is 12.5 Å². The quantitative estimate of drug-likeness (QED) is 0.773. The highest BCUT2D eigenvalue weighted by Crippen LogP contribution is 2.37. The molecular formula is C16H26N2O3. The highest BCUT2D eigenvalue weighted by Gasteiger charge is 2.45. The summed E-state index contributed by atoms with van der Waals surface area (Å²) in [6, 6.07) is 0.770. The number of ether oxygens (including phenoxy) is 1. The number of likely N-dealkylation sites (tertiary alicyclic amines) is 1. The standard InChI is InChI=1S/C16H26N2O3/c19-16(18-7-2-9-21-18)13-6-10-20-15-5-8-17(11-14(13)15)12-3-1-4-12/h12-15H,1-11H2/t13-,14+,15-/m1/s1. The van der Waals surface area contributed by atoms with E-state index in [1.807, 2.05) is 0 Å². The molecule has 0 N–H and O–H groups in total. The third-order valence-corrected chi connectivity index (χ3v) is 5.81. The smallest absolute Gasteiger partial charge is 0.249 e. The topological polar surface area (TPSA) is 42.0 Å². The van der Waals surface area contributed by atoms with E-state index in [1.165, 1.54) is 19.3 Å². The summed E-state index contributed by atoms with van der Waals surface area (Å²) in [7, 11) is 0. The monoisotopic (exact) mass is 294 g/mol. The molecule has 3 heterocycles. The lowest BCUT2D eigenvalue weighted by atomic mass is 9.77. The van der Waals surface area contributed by atoms with E-state index >= 15 is 0 Å². The summed E-state index contributed by atoms with van der Waals surface area (Å²) < 4.78 is 5.97. The summed E-state index contributed by atoms with van der Waals surface area (Å²) in [6.07, 6.45) is 7.25. The van der Waals surface area contributed by atoms with Gasteiger partial charge in [0.1, 0.15) is 0 Å². The Kier molecular flexibility index (Phi) is 3.90. The highest BCUT2D eigenvalue weighted by molar-refractivity contribution is 5.78. The van der Waals surface area contributed by atoms with Crippen LogP contribution in [-0.4, -0.2) is 60.9 Å². The number of carbonyl (C=O) groups excluding carboxylic acids is 1. The number of hydrogen-bond donors (Lipinski definition) is 0. The molecule has 3 atom stereocenters. The zero-order chi connectivity index (χ0) is 14.2. The van der Waals surface area contributed by atoms with Crippen LogP contribution in [0.4, 0.5) is 0 Å². The molecule has 3 saturated heterocycles. The van der Waals surface area contributed by atoms with E-state index in [4.69, 9.17) is 9.57 Å². The number of hydroxylamine groups is 2. The summed E-state index contributed by atoms with van der Waals surface area (Å²) in [4.78, 5) is 20.8. The molecule has 1 aliphatic carbocycles. The number of carbonyl (C=O) groups is 1. The molecule has 1 saturated carbocycles. The van der Waals surface area contributed by atoms with E-state index in [0.717, 1.165) is 51.5 Å². The van der Waals surface area contributed by atoms with Crippen molar-refractivity contribution in [2.45, 2.75) is 50.7 Å². The molecule has 5 nitrogen and oxygen atoms in total. The first-order valence-corrected chi connectivity index (χ1v) is 8.63. The SMILES string of the molecule is O=C([C@@H]1CCO[C@@H]2CCN(C3CCC3)C[C@H]21)N1CCCO1. The largest absolute Gasteiger partial charge is 0.378 e. The minimum Gasteiger partial charge on any atom is -0.378 e. The number of piperidine rings is 1. The van der Waals surface area contributed by atoms with Crippen molar-refractivity contribution in [1.29, 1.82) is 0 Å². The summed E-state index contributed by atoms with van der Waals surface area (Å²) in [5.41, 5.74) is 0. The van der Waals surface area contributed by atoms with Crippen molar-refractivity contribution in [3.63, 3.8) is 0 Å². The molecule has 5 heteroatoms. The van der Waals surface area contributed by atoms with Crippen LogP contribution >= 0.6 is 0 Å². The van der Waals surface area contributed by atoms with E-state index in [-0.39, 0.29) is 17.9 Å². The van der Waals surface area contributed by atoms with Gasteiger partial charge in [-0.2, -0.15) is 0 Å². The molecule has 0 unspecified atom stereocenters. The summed E-state index contributed by atoms with van der Waals surface area (Å²) in [5.74, 6) is 0.677. The molecule has 1 amide bonds. The molecule has 0 radical (unpaired) electrons. The van der Waals surface area contributed by atoms with Crippen LogP contribution in [0.5, 0.6) is 0 Å². The van der Waals surface area contributed by atoms with Gasteiger partial charge in [-0.3, -0.25) is 14.5 Å². The van der Waals surface area contributed by atoms with Crippen LogP contribution in [0.15, 0.2) is 0 Å². The predicted octanol–water partition coefficient (Wildman–Crippen LogP) is 1.43. The van der Waals surface area contributed by atoms with Crippen molar-refractivity contribution in [3.05, 3.63) is 0 Å². The zero-order valence-corrected chi connectivity index (χ0v) is 12.7. The van der Waals surface area contributed by atoms with Crippen molar-refractivity contribution in [3.8, 4) is 0 Å². The molecular weight excluding hydrogens is 268 g/mol. The fourth-order valence-corrected chi connectivity index (χ4v) is 4.34. The fourth-order valence-electron chi connectivity index (χ4n) is 4.34. The van der Waals surface area contributed by atoms with Crippen LogP contribution in [0.3, 0.4) is 0 Å². The Morgan fingerprint density at radius 1 is 1.00 bits per heavy atom. The van der Waals surface area contributed by atoms with Gasteiger partial charge in [0.2, 0.25) is 5.91 Å². The summed E-state index contributed by atoms with van der Waals surface area (Å²) in [6.45, 7) is 4.37. The molecule has 4 rings (SSSR count). The molecule has 0 aromatic rings. The van der Waals surface area contributed by atoms with Gasteiger partial charge in [-0.25, -0.2) is 5.06 Å². The van der Waals surface area contributed by atoms with Crippen molar-refractivity contribution >= 4 is 5.91 Å². The van der Waals surface area contributed by atoms with E-state index in [9.17, 15) is 4.79 Å². The van der Waals surface area contributed by atoms with Gasteiger partial charge in [-0.1, -0.05) is 6.42 Å². The van der Waals surface area contributed by atoms with Crippen molar-refractivity contribution < 1.29 is 14.4 Å². The average molecular weight is 294 g/mol. The zero-order valence-electron chi connectivity index (χ0n) is 12.7. The first kappa shape index (κ1) is 14.0. The number of nitrogens with zero attached hydrogens (tertiary/aromatic N) is 2. The lowest BCUT2D eigenvalue weighted by molar-refractivity contribution is -0.186. The molecule has 0 aromatic carbocycles. The Hall–Kier alpha value is -0.650. The van der Waals surface area contributed by atoms with Crippen molar-refractivity contribution in [2.75, 3.05) is 32.8 Å². The molecule has 3 aliphatic heterocycles. The molecule has 118 valence electrons. The van der Waals surface area contributed by atoms with Gasteiger partial charge in [0.25, 0.3) is 0 Å². The maximum absolute atomic E-state index is 12.7. The van der Waals surface area contributed by atoms with Crippen LogP contribution in [0, 0.1) is 11.8 Å². The summed E-state index contributed by atoms with van der Waals surface area (Å²) in [5, 5.41) is 1.62. The Labute approximate surface area is 126 Å². The molecule has 0 spiro atoms. The fraction of sp³-hybridized carbons (Fsp3) is 0.938. The lowest BCUT2D eigenvalue weighted by Crippen LogP contribution is -2.56. The van der Waals surface area contributed by atoms with Gasteiger partial charge in [0.15, 0.2) is 0 Å². The van der Waals surface area contributed by atoms with Gasteiger partial charge in [0, 0.05) is 37.6 Å². The Bertz CT molecular complexity index is 393. The number of rotatable bonds is 2. The van der Waals surface area contributed by atoms with Crippen LogP contribution < -0.4 is 0 Å². The number of amides is 1. The Balaban J connectivity index is 1.46. The first-order valence-electron chi connectivity index (χ1n) is 8.63. The van der Waals surface area contributed by atoms with Crippen LogP contribution in [0.1, 0.15) is 38.5 Å². The predicted molar refractivity (Wildman–Crippen MR) is 77.4 cm³/mol. The van der Waals surface area contributed by atoms with Gasteiger partial charge in [-0.15, -0.1) is 0 Å². The Morgan fingerprint density at radius 2 is 1.90 bits per heavy atom. The molecule has 4 fully saturated rings. The first-order chi connectivity index (χ1) is 10.3. The van der Waals surface area contributed by atoms with Gasteiger partial charge < -0.3 is 4.74 Å². The van der Waals surface area contributed by atoms with Crippen LogP contribution in [0.25, 0.3) is 0 Å². The Morgan fingerprint density at radius 3 is 2.62 bits per heavy atom. The second-order valence-electron chi connectivity index (χ2n) is 6.96. The molecule has 4 aliphatic rings. The normalized spacial score (nSPS) is 38.1. The lowest BCUT2D eigenvalue weighted by Gasteiger charge is -2.49. The van der Waals surface area contributed by atoms with Crippen molar-refractivity contribution in [2.24, 2.45) is 11.8 Å². The minimum absolute atomic E-state index is 0.102. The maximum atomic E-state index is 12.7. The van der Waals surface area contributed by atoms with Gasteiger partial charge in [-0.05, 0) is 32.1 Å². The molecule has 0 aromatic heterocycles. The van der Waals surface area contributed by atoms with Crippen LogP contribution in [0.2, 0.25) is 0 Å². The third kappa shape index (κ3) is 2.60. The highest BCUT2D eigenvalue weighted by atomic mass is 16.7. The van der Waals surface area contributed by atoms with E-state index in [2.05, 4.69) is 4.90 Å². The van der Waals surface area contributed by atoms with E-state index < -0.39 is 0 Å². The number of hydrogen-bond acceptors (Lipinski definition) is 4. The maximum Gasteiger partial charge on any atom is 0.249 e. The number of fused-ring (bicyclic) bond motifs is 1. The van der Waals surface area contributed by atoms with Gasteiger partial charge in [0.05, 0.1) is 19.3 Å². The van der Waals surface area contributed by atoms with Crippen molar-refractivity contribution in [1.82, 2.24) is 9.96 Å². The molecule has 21 heavy (non-hydrogen) atoms. The average Bonchev–Trinajstić information content (AvgIpc) is 2.98. The van der Waals surface area contributed by atoms with Crippen LogP contribution in [-0.2, 0) is 14.4 Å². The summed E-state index contributed by atoms with van der Waals surface area (Å²) >= 11 is 0. The van der Waals surface area contributed by atoms with E-state index in [1.54, 1.807) is 5.06 Å². The third-order valence-electron chi connectivity index (χ3n) is 5.81.